The molecule has 7 heteroatoms. The molecule has 0 saturated heterocycles. The van der Waals surface area contributed by atoms with Gasteiger partial charge in [-0.2, -0.15) is 13.5 Å². The van der Waals surface area contributed by atoms with Crippen molar-refractivity contribution >= 4 is 22.2 Å². The molecule has 0 spiro atoms. The zero-order chi connectivity index (χ0) is 21.6. The van der Waals surface area contributed by atoms with Crippen LogP contribution >= 0.6 is 0 Å². The minimum absolute atomic E-state index is 0.0613. The maximum Gasteiger partial charge on any atom is 0.339 e. The van der Waals surface area contributed by atoms with Crippen LogP contribution in [0.1, 0.15) is 22.3 Å². The maximum atomic E-state index is 12.5. The number of rotatable bonds is 7. The van der Waals surface area contributed by atoms with Crippen molar-refractivity contribution in [3.05, 3.63) is 95.1 Å². The number of hydrazone groups is 1. The lowest BCUT2D eigenvalue weighted by atomic mass is 10.1. The summed E-state index contributed by atoms with van der Waals surface area (Å²) < 4.78 is 30.4. The molecule has 0 bridgehead atoms. The summed E-state index contributed by atoms with van der Waals surface area (Å²) in [6, 6.07) is 20.6. The van der Waals surface area contributed by atoms with Gasteiger partial charge in [0, 0.05) is 5.56 Å². The predicted molar refractivity (Wildman–Crippen MR) is 116 cm³/mol. The molecule has 0 saturated carbocycles. The van der Waals surface area contributed by atoms with Crippen molar-refractivity contribution < 1.29 is 17.4 Å². The molecule has 3 aromatic carbocycles. The van der Waals surface area contributed by atoms with Gasteiger partial charge in [0.25, 0.3) is 0 Å². The Morgan fingerprint density at radius 1 is 0.933 bits per heavy atom. The second-order valence-corrected chi connectivity index (χ2v) is 8.39. The molecule has 154 valence electrons. The first kappa shape index (κ1) is 21.3. The number of amides is 1. The van der Waals surface area contributed by atoms with E-state index in [0.717, 1.165) is 16.7 Å². The van der Waals surface area contributed by atoms with Gasteiger partial charge in [0.1, 0.15) is 4.90 Å². The van der Waals surface area contributed by atoms with E-state index in [9.17, 15) is 13.2 Å². The third kappa shape index (κ3) is 5.78. The fourth-order valence-electron chi connectivity index (χ4n) is 2.64. The van der Waals surface area contributed by atoms with Gasteiger partial charge < -0.3 is 4.18 Å². The third-order valence-electron chi connectivity index (χ3n) is 4.31. The zero-order valence-electron chi connectivity index (χ0n) is 16.7. The number of aryl methyl sites for hydroxylation is 2. The zero-order valence-corrected chi connectivity index (χ0v) is 17.5. The summed E-state index contributed by atoms with van der Waals surface area (Å²) in [5.74, 6) is -0.157. The fraction of sp³-hybridized carbons (Fsp3) is 0.130. The van der Waals surface area contributed by atoms with Crippen LogP contribution in [0, 0.1) is 13.8 Å². The Labute approximate surface area is 176 Å². The highest BCUT2D eigenvalue weighted by Crippen LogP contribution is 2.22. The van der Waals surface area contributed by atoms with Crippen molar-refractivity contribution in [2.75, 3.05) is 0 Å². The topological polar surface area (TPSA) is 84.8 Å². The molecule has 30 heavy (non-hydrogen) atoms. The van der Waals surface area contributed by atoms with Crippen molar-refractivity contribution in [1.29, 1.82) is 0 Å². The summed E-state index contributed by atoms with van der Waals surface area (Å²) in [5.41, 5.74) is 5.81. The Balaban J connectivity index is 1.68. The number of para-hydroxylation sites is 1. The average molecular weight is 423 g/mol. The number of nitrogens with zero attached hydrogens (tertiary/aromatic N) is 1. The highest BCUT2D eigenvalue weighted by atomic mass is 32.2. The standard InChI is InChI=1S/C23H22N2O4S/c1-17-7-11-19(12-8-17)15-23(26)25-24-16-20-5-3-4-6-22(20)29-30(27,28)21-13-9-18(2)10-14-21/h3-14,16H,15H2,1-2H3,(H,25,26). The van der Waals surface area contributed by atoms with E-state index in [1.54, 1.807) is 30.3 Å². The Morgan fingerprint density at radius 2 is 1.53 bits per heavy atom. The van der Waals surface area contributed by atoms with Gasteiger partial charge in [0.15, 0.2) is 5.75 Å². The number of benzene rings is 3. The quantitative estimate of drug-likeness (QED) is 0.357. The van der Waals surface area contributed by atoms with Crippen molar-refractivity contribution in [2.24, 2.45) is 5.10 Å². The van der Waals surface area contributed by atoms with E-state index in [2.05, 4.69) is 10.5 Å². The minimum atomic E-state index is -3.99. The number of nitrogens with one attached hydrogen (secondary N) is 1. The maximum absolute atomic E-state index is 12.5. The summed E-state index contributed by atoms with van der Waals surface area (Å²) in [4.78, 5) is 12.1. The van der Waals surface area contributed by atoms with E-state index in [4.69, 9.17) is 4.18 Å². The van der Waals surface area contributed by atoms with E-state index in [1.165, 1.54) is 24.4 Å². The van der Waals surface area contributed by atoms with Crippen LogP contribution in [0.2, 0.25) is 0 Å². The molecule has 0 unspecified atom stereocenters. The van der Waals surface area contributed by atoms with Gasteiger partial charge in [-0.15, -0.1) is 0 Å². The van der Waals surface area contributed by atoms with Crippen molar-refractivity contribution in [1.82, 2.24) is 5.43 Å². The monoisotopic (exact) mass is 422 g/mol. The Hall–Kier alpha value is -3.45. The van der Waals surface area contributed by atoms with Crippen molar-refractivity contribution in [3.63, 3.8) is 0 Å². The van der Waals surface area contributed by atoms with E-state index < -0.39 is 10.1 Å². The lowest BCUT2D eigenvalue weighted by molar-refractivity contribution is -0.120. The van der Waals surface area contributed by atoms with Crippen LogP contribution in [0.15, 0.2) is 82.8 Å². The smallest absolute Gasteiger partial charge is 0.339 e. The SMILES string of the molecule is Cc1ccc(CC(=O)NN=Cc2ccccc2OS(=O)(=O)c2ccc(C)cc2)cc1. The van der Waals surface area contributed by atoms with Gasteiger partial charge in [-0.3, -0.25) is 4.79 Å². The van der Waals surface area contributed by atoms with E-state index in [0.29, 0.717) is 5.56 Å². The number of hydrogen-bond donors (Lipinski definition) is 1. The first-order chi connectivity index (χ1) is 14.3. The van der Waals surface area contributed by atoms with E-state index >= 15 is 0 Å². The first-order valence-electron chi connectivity index (χ1n) is 9.31. The lowest BCUT2D eigenvalue weighted by Crippen LogP contribution is -2.19. The van der Waals surface area contributed by atoms with Crippen LogP contribution in [0.25, 0.3) is 0 Å². The van der Waals surface area contributed by atoms with Crippen molar-refractivity contribution in [2.45, 2.75) is 25.2 Å². The molecular weight excluding hydrogens is 400 g/mol. The molecule has 0 heterocycles. The number of hydrogen-bond acceptors (Lipinski definition) is 5. The third-order valence-corrected chi connectivity index (χ3v) is 5.55. The van der Waals surface area contributed by atoms with Crippen LogP contribution in [0.5, 0.6) is 5.75 Å². The highest BCUT2D eigenvalue weighted by Gasteiger charge is 2.17. The first-order valence-corrected chi connectivity index (χ1v) is 10.7. The van der Waals surface area contributed by atoms with Crippen LogP contribution in [-0.4, -0.2) is 20.5 Å². The van der Waals surface area contributed by atoms with Crippen molar-refractivity contribution in [3.8, 4) is 5.75 Å². The molecule has 0 aliphatic rings. The predicted octanol–water partition coefficient (Wildman–Crippen LogP) is 3.76. The summed E-state index contributed by atoms with van der Waals surface area (Å²) in [7, 11) is -3.99. The molecule has 0 aliphatic heterocycles. The molecule has 0 aromatic heterocycles. The molecule has 6 nitrogen and oxygen atoms in total. The van der Waals surface area contributed by atoms with Gasteiger partial charge in [-0.25, -0.2) is 5.43 Å². The number of carbonyl (C=O) groups is 1. The summed E-state index contributed by atoms with van der Waals surface area (Å²) in [6.07, 6.45) is 1.55. The van der Waals surface area contributed by atoms with Gasteiger partial charge in [0.2, 0.25) is 5.91 Å². The molecular formula is C23H22N2O4S. The van der Waals surface area contributed by atoms with Gasteiger partial charge in [-0.1, -0.05) is 59.7 Å². The molecule has 0 radical (unpaired) electrons. The fourth-order valence-corrected chi connectivity index (χ4v) is 3.59. The largest absolute Gasteiger partial charge is 0.378 e. The van der Waals surface area contributed by atoms with Crippen LogP contribution < -0.4 is 9.61 Å². The minimum Gasteiger partial charge on any atom is -0.378 e. The molecule has 0 aliphatic carbocycles. The normalized spacial score (nSPS) is 11.4. The second kappa shape index (κ2) is 9.37. The Kier molecular flexibility index (Phi) is 6.64. The molecule has 0 atom stereocenters. The van der Waals surface area contributed by atoms with Crippen LogP contribution in [-0.2, 0) is 21.3 Å². The van der Waals surface area contributed by atoms with Crippen LogP contribution in [0.3, 0.4) is 0 Å². The summed E-state index contributed by atoms with van der Waals surface area (Å²) >= 11 is 0. The van der Waals surface area contributed by atoms with E-state index in [1.807, 2.05) is 38.1 Å². The van der Waals surface area contributed by atoms with Crippen LogP contribution in [0.4, 0.5) is 0 Å². The summed E-state index contributed by atoms with van der Waals surface area (Å²) in [6.45, 7) is 3.85. The average Bonchev–Trinajstić information content (AvgIpc) is 2.71. The summed E-state index contributed by atoms with van der Waals surface area (Å²) in [5, 5.41) is 3.93. The molecule has 3 rings (SSSR count). The highest BCUT2D eigenvalue weighted by molar-refractivity contribution is 7.87. The molecule has 3 aromatic rings. The van der Waals surface area contributed by atoms with Gasteiger partial charge in [-0.05, 0) is 43.7 Å². The molecule has 1 N–H and O–H groups in total. The van der Waals surface area contributed by atoms with Gasteiger partial charge >= 0.3 is 10.1 Å². The molecule has 1 amide bonds. The Bertz CT molecular complexity index is 1150. The van der Waals surface area contributed by atoms with E-state index in [-0.39, 0.29) is 23.0 Å². The van der Waals surface area contributed by atoms with Gasteiger partial charge in [0.05, 0.1) is 12.6 Å². The second-order valence-electron chi connectivity index (χ2n) is 6.84. The number of carbonyl (C=O) groups excluding carboxylic acids is 1. The molecule has 0 fully saturated rings. The Morgan fingerprint density at radius 3 is 2.20 bits per heavy atom. The lowest BCUT2D eigenvalue weighted by Gasteiger charge is -2.09.